The molecule has 0 aromatic heterocycles. The van der Waals surface area contributed by atoms with Gasteiger partial charge in [-0.3, -0.25) is 10.1 Å². The Bertz CT molecular complexity index is 318. The minimum Gasteiger partial charge on any atom is -0.465 e. The largest absolute Gasteiger partial charge is 0.465 e. The molecule has 6 nitrogen and oxygen atoms in total. The van der Waals surface area contributed by atoms with Crippen molar-refractivity contribution in [3.05, 3.63) is 20.6 Å². The Labute approximate surface area is 84.7 Å². The lowest BCUT2D eigenvalue weighted by atomic mass is 10.3. The number of hydrogen-bond donors (Lipinski definition) is 0. The predicted octanol–water partition coefficient (Wildman–Crippen LogP) is 0.577. The molecule has 0 atom stereocenters. The normalized spacial score (nSPS) is 11.2. The van der Waals surface area contributed by atoms with E-state index in [0.717, 1.165) is 18.9 Å². The van der Waals surface area contributed by atoms with Gasteiger partial charge in [-0.15, -0.1) is 11.8 Å². The Morgan fingerprint density at radius 2 is 2.29 bits per heavy atom. The van der Waals surface area contributed by atoms with Gasteiger partial charge in [0.25, 0.3) is 0 Å². The molecule has 0 aliphatic carbocycles. The number of ether oxygens (including phenoxy) is 1. The van der Waals surface area contributed by atoms with Crippen LogP contribution < -0.4 is 0 Å². The van der Waals surface area contributed by atoms with Crippen LogP contribution in [0.3, 0.4) is 0 Å². The molecule has 7 heteroatoms. The van der Waals surface area contributed by atoms with Crippen molar-refractivity contribution in [2.75, 3.05) is 19.9 Å². The predicted molar refractivity (Wildman–Crippen MR) is 50.0 cm³/mol. The fraction of sp³-hybridized carbons (Fsp3) is 0.429. The summed E-state index contributed by atoms with van der Waals surface area (Å²) >= 11 is 0.989. The Balaban J connectivity index is 5.03. The van der Waals surface area contributed by atoms with Gasteiger partial charge in [0, 0.05) is 4.92 Å². The molecule has 14 heavy (non-hydrogen) atoms. The van der Waals surface area contributed by atoms with Gasteiger partial charge in [-0.25, -0.2) is 4.79 Å². The number of thioether (sulfide) groups is 1. The fourth-order valence-electron chi connectivity index (χ4n) is 0.687. The average molecular weight is 216 g/mol. The van der Waals surface area contributed by atoms with Crippen molar-refractivity contribution in [3.63, 3.8) is 0 Å². The summed E-state index contributed by atoms with van der Waals surface area (Å²) in [5.74, 6) is -0.848. The number of esters is 1. The second kappa shape index (κ2) is 5.99. The van der Waals surface area contributed by atoms with Crippen molar-refractivity contribution < 1.29 is 14.5 Å². The van der Waals surface area contributed by atoms with Crippen LogP contribution in [-0.4, -0.2) is 30.8 Å². The van der Waals surface area contributed by atoms with Crippen molar-refractivity contribution in [2.45, 2.75) is 0 Å². The molecule has 0 saturated carbocycles. The van der Waals surface area contributed by atoms with Crippen LogP contribution in [0.2, 0.25) is 0 Å². The van der Waals surface area contributed by atoms with Crippen LogP contribution >= 0.6 is 11.8 Å². The zero-order valence-electron chi connectivity index (χ0n) is 7.64. The first-order valence-corrected chi connectivity index (χ1v) is 4.66. The van der Waals surface area contributed by atoms with Crippen LogP contribution in [0.25, 0.3) is 0 Å². The third kappa shape index (κ3) is 3.45. The Kier molecular flexibility index (Phi) is 5.33. The van der Waals surface area contributed by atoms with Gasteiger partial charge in [0.2, 0.25) is 6.54 Å². The summed E-state index contributed by atoms with van der Waals surface area (Å²) < 4.78 is 4.31. The molecule has 0 unspecified atom stereocenters. The lowest BCUT2D eigenvalue weighted by Crippen LogP contribution is -2.10. The standard InChI is InChI=1S/C7H8N2O4S/c1-13-7(10)5(3-8)6(14-2)4-9(11)12/h4H2,1-2H3/b6-5-. The molecule has 0 rings (SSSR count). The van der Waals surface area contributed by atoms with Crippen molar-refractivity contribution in [3.8, 4) is 6.07 Å². The van der Waals surface area contributed by atoms with Crippen LogP contribution in [0, 0.1) is 21.4 Å². The smallest absolute Gasteiger partial charge is 0.349 e. The van der Waals surface area contributed by atoms with E-state index in [9.17, 15) is 14.9 Å². The molecule has 76 valence electrons. The minimum atomic E-state index is -0.848. The van der Waals surface area contributed by atoms with E-state index in [1.54, 1.807) is 12.3 Å². The van der Waals surface area contributed by atoms with E-state index in [4.69, 9.17) is 5.26 Å². The highest BCUT2D eigenvalue weighted by Crippen LogP contribution is 2.17. The lowest BCUT2D eigenvalue weighted by molar-refractivity contribution is -0.469. The molecule has 0 amide bonds. The first-order chi connectivity index (χ1) is 6.56. The SMILES string of the molecule is COC(=O)/C(C#N)=C(/C[N+](=O)[O-])SC. The Hall–Kier alpha value is -1.55. The van der Waals surface area contributed by atoms with Gasteiger partial charge in [0.15, 0.2) is 5.57 Å². The van der Waals surface area contributed by atoms with Crippen LogP contribution in [0.15, 0.2) is 10.5 Å². The van der Waals surface area contributed by atoms with E-state index < -0.39 is 17.4 Å². The Morgan fingerprint density at radius 3 is 2.57 bits per heavy atom. The monoisotopic (exact) mass is 216 g/mol. The average Bonchev–Trinajstić information content (AvgIpc) is 2.16. The molecule has 0 bridgehead atoms. The van der Waals surface area contributed by atoms with Gasteiger partial charge in [-0.1, -0.05) is 0 Å². The van der Waals surface area contributed by atoms with Crippen molar-refractivity contribution in [1.82, 2.24) is 0 Å². The third-order valence-electron chi connectivity index (χ3n) is 1.30. The molecular weight excluding hydrogens is 208 g/mol. The summed E-state index contributed by atoms with van der Waals surface area (Å²) in [6.07, 6.45) is 1.55. The minimum absolute atomic E-state index is 0.101. The number of carbonyl (C=O) groups is 1. The highest BCUT2D eigenvalue weighted by atomic mass is 32.2. The van der Waals surface area contributed by atoms with Crippen molar-refractivity contribution >= 4 is 17.7 Å². The summed E-state index contributed by atoms with van der Waals surface area (Å²) in [5.41, 5.74) is -0.309. The van der Waals surface area contributed by atoms with Gasteiger partial charge in [0.05, 0.1) is 12.0 Å². The Morgan fingerprint density at radius 1 is 1.71 bits per heavy atom. The van der Waals surface area contributed by atoms with Crippen LogP contribution in [-0.2, 0) is 9.53 Å². The van der Waals surface area contributed by atoms with Gasteiger partial charge in [0.1, 0.15) is 6.07 Å². The third-order valence-corrected chi connectivity index (χ3v) is 2.13. The topological polar surface area (TPSA) is 93.2 Å². The molecule has 0 aliphatic heterocycles. The molecular formula is C7H8N2O4S. The zero-order chi connectivity index (χ0) is 11.1. The van der Waals surface area contributed by atoms with Crippen molar-refractivity contribution in [1.29, 1.82) is 5.26 Å². The summed E-state index contributed by atoms with van der Waals surface area (Å²) in [6, 6.07) is 1.59. The van der Waals surface area contributed by atoms with E-state index in [2.05, 4.69) is 4.74 Å². The van der Waals surface area contributed by atoms with Crippen molar-refractivity contribution in [2.24, 2.45) is 0 Å². The van der Waals surface area contributed by atoms with E-state index in [1.165, 1.54) is 0 Å². The first-order valence-electron chi connectivity index (χ1n) is 3.44. The highest BCUT2D eigenvalue weighted by molar-refractivity contribution is 8.02. The number of carbonyl (C=O) groups excluding carboxylic acids is 1. The highest BCUT2D eigenvalue weighted by Gasteiger charge is 2.18. The molecule has 0 saturated heterocycles. The molecule has 0 aromatic carbocycles. The van der Waals surface area contributed by atoms with E-state index in [0.29, 0.717) is 0 Å². The first kappa shape index (κ1) is 12.4. The number of methoxy groups -OCH3 is 1. The number of nitrogens with zero attached hydrogens (tertiary/aromatic N) is 2. The maximum atomic E-state index is 11.0. The molecule has 0 aromatic rings. The summed E-state index contributed by atoms with van der Waals surface area (Å²) in [7, 11) is 1.11. The summed E-state index contributed by atoms with van der Waals surface area (Å²) in [5, 5.41) is 18.8. The van der Waals surface area contributed by atoms with Crippen LogP contribution in [0.1, 0.15) is 0 Å². The quantitative estimate of drug-likeness (QED) is 0.224. The maximum Gasteiger partial charge on any atom is 0.349 e. The van der Waals surface area contributed by atoms with E-state index >= 15 is 0 Å². The second-order valence-electron chi connectivity index (χ2n) is 2.10. The lowest BCUT2D eigenvalue weighted by Gasteiger charge is -2.01. The molecule has 0 radical (unpaired) electrons. The molecule has 0 spiro atoms. The summed E-state index contributed by atoms with van der Waals surface area (Å²) in [4.78, 5) is 20.7. The fourth-order valence-corrected chi connectivity index (χ4v) is 1.25. The zero-order valence-corrected chi connectivity index (χ0v) is 8.46. The number of nitriles is 1. The van der Waals surface area contributed by atoms with Gasteiger partial charge in [-0.05, 0) is 6.26 Å². The molecule has 0 fully saturated rings. The van der Waals surface area contributed by atoms with E-state index in [1.807, 2.05) is 0 Å². The molecule has 0 aliphatic rings. The van der Waals surface area contributed by atoms with Crippen LogP contribution in [0.5, 0.6) is 0 Å². The number of rotatable bonds is 4. The van der Waals surface area contributed by atoms with Gasteiger partial charge >= 0.3 is 5.97 Å². The summed E-state index contributed by atoms with van der Waals surface area (Å²) in [6.45, 7) is -0.543. The second-order valence-corrected chi connectivity index (χ2v) is 3.00. The van der Waals surface area contributed by atoms with Crippen LogP contribution in [0.4, 0.5) is 0 Å². The number of nitro groups is 1. The molecule has 0 N–H and O–H groups in total. The van der Waals surface area contributed by atoms with Gasteiger partial charge in [-0.2, -0.15) is 5.26 Å². The van der Waals surface area contributed by atoms with E-state index in [-0.39, 0.29) is 10.5 Å². The molecule has 0 heterocycles. The maximum absolute atomic E-state index is 11.0. The van der Waals surface area contributed by atoms with Gasteiger partial charge < -0.3 is 4.74 Å². The number of hydrogen-bond acceptors (Lipinski definition) is 6.